The van der Waals surface area contributed by atoms with E-state index in [9.17, 15) is 4.79 Å². The Kier molecular flexibility index (Phi) is 8.21. The van der Waals surface area contributed by atoms with E-state index in [4.69, 9.17) is 5.73 Å². The van der Waals surface area contributed by atoms with E-state index in [1.807, 2.05) is 47.5 Å². The van der Waals surface area contributed by atoms with E-state index in [1.165, 1.54) is 11.1 Å². The molecule has 0 atom stereocenters. The number of hydrogen-bond donors (Lipinski definition) is 1. The lowest BCUT2D eigenvalue weighted by Gasteiger charge is -2.31. The predicted octanol–water partition coefficient (Wildman–Crippen LogP) is 6.02. The maximum atomic E-state index is 13.2. The number of amides is 1. The van der Waals surface area contributed by atoms with Gasteiger partial charge in [0.2, 0.25) is 0 Å². The van der Waals surface area contributed by atoms with Crippen molar-refractivity contribution in [1.29, 1.82) is 0 Å². The number of rotatable bonds is 7. The topological polar surface area (TPSA) is 62.5 Å². The Hall–Kier alpha value is -3.44. The first-order chi connectivity index (χ1) is 17.3. The molecule has 1 aromatic heterocycles. The highest BCUT2D eigenvalue weighted by atomic mass is 16.2. The van der Waals surface area contributed by atoms with E-state index >= 15 is 0 Å². The van der Waals surface area contributed by atoms with Crippen molar-refractivity contribution < 1.29 is 4.79 Å². The molecule has 0 unspecified atom stereocenters. The molecule has 0 spiro atoms. The summed E-state index contributed by atoms with van der Waals surface area (Å²) in [6.07, 6.45) is 3.84. The van der Waals surface area contributed by atoms with Crippen LogP contribution in [0.3, 0.4) is 0 Å². The third-order valence-corrected chi connectivity index (χ3v) is 6.87. The number of anilines is 1. The second kappa shape index (κ2) is 11.5. The molecule has 5 nitrogen and oxygen atoms in total. The summed E-state index contributed by atoms with van der Waals surface area (Å²) in [6.45, 7) is 11.1. The number of carbonyl (C=O) groups is 1. The summed E-state index contributed by atoms with van der Waals surface area (Å²) in [5.74, 6) is 0.0764. The molecule has 1 amide bonds. The Labute approximate surface area is 215 Å². The minimum absolute atomic E-state index is 0.0764. The highest BCUT2D eigenvalue weighted by molar-refractivity contribution is 5.95. The fraction of sp³-hybridized carbons (Fsp3) is 0.355. The van der Waals surface area contributed by atoms with Gasteiger partial charge >= 0.3 is 0 Å². The lowest BCUT2D eigenvalue weighted by Crippen LogP contribution is -2.42. The quantitative estimate of drug-likeness (QED) is 0.418. The van der Waals surface area contributed by atoms with Gasteiger partial charge in [-0.3, -0.25) is 14.7 Å². The number of aromatic nitrogens is 1. The van der Waals surface area contributed by atoms with Crippen LogP contribution in [0.2, 0.25) is 0 Å². The van der Waals surface area contributed by atoms with Gasteiger partial charge < -0.3 is 10.6 Å². The van der Waals surface area contributed by atoms with Gasteiger partial charge in [0.1, 0.15) is 0 Å². The summed E-state index contributed by atoms with van der Waals surface area (Å²) < 4.78 is 0. The molecule has 2 heterocycles. The van der Waals surface area contributed by atoms with Crippen LogP contribution in [0.15, 0.2) is 78.5 Å². The molecule has 4 rings (SSSR count). The summed E-state index contributed by atoms with van der Waals surface area (Å²) in [4.78, 5) is 22.1. The predicted molar refractivity (Wildman–Crippen MR) is 149 cm³/mol. The molecule has 1 aliphatic heterocycles. The summed E-state index contributed by atoms with van der Waals surface area (Å²) in [5.41, 5.74) is 13.7. The van der Waals surface area contributed by atoms with Gasteiger partial charge in [-0.1, -0.05) is 35.9 Å². The van der Waals surface area contributed by atoms with Crippen LogP contribution in [-0.4, -0.2) is 45.9 Å². The molecule has 0 bridgehead atoms. The fourth-order valence-electron chi connectivity index (χ4n) is 5.21. The standard InChI is InChI=1S/C31H38N4O/c1-22(2)35(23(3)4)31(36)26-13-11-24(12-14-26)30(27-8-7-9-28(32)20-27)25-15-18-34(19-16-25)21-29-10-5-6-17-33-29/h5-14,17,20,22-23H,15-16,18-19,21,32H2,1-4H3. The largest absolute Gasteiger partial charge is 0.399 e. The second-order valence-electron chi connectivity index (χ2n) is 10.2. The van der Waals surface area contributed by atoms with Crippen molar-refractivity contribution in [3.05, 3.63) is 101 Å². The van der Waals surface area contributed by atoms with Gasteiger partial charge in [-0.05, 0) is 93.6 Å². The van der Waals surface area contributed by atoms with Crippen LogP contribution in [0.1, 0.15) is 67.7 Å². The van der Waals surface area contributed by atoms with Crippen LogP contribution in [0, 0.1) is 0 Å². The summed E-state index contributed by atoms with van der Waals surface area (Å²) in [5, 5.41) is 0. The third-order valence-electron chi connectivity index (χ3n) is 6.87. The van der Waals surface area contributed by atoms with Crippen LogP contribution in [0.5, 0.6) is 0 Å². The van der Waals surface area contributed by atoms with Gasteiger partial charge in [-0.15, -0.1) is 0 Å². The molecule has 2 aromatic carbocycles. The molecule has 1 fully saturated rings. The Morgan fingerprint density at radius 1 is 0.889 bits per heavy atom. The smallest absolute Gasteiger partial charge is 0.254 e. The highest BCUT2D eigenvalue weighted by Gasteiger charge is 2.23. The van der Waals surface area contributed by atoms with E-state index < -0.39 is 0 Å². The van der Waals surface area contributed by atoms with Crippen molar-refractivity contribution in [1.82, 2.24) is 14.8 Å². The van der Waals surface area contributed by atoms with E-state index in [1.54, 1.807) is 0 Å². The first kappa shape index (κ1) is 25.6. The maximum absolute atomic E-state index is 13.2. The summed E-state index contributed by atoms with van der Waals surface area (Å²) in [7, 11) is 0. The molecular weight excluding hydrogens is 444 g/mol. The van der Waals surface area contributed by atoms with Gasteiger partial charge in [0.15, 0.2) is 0 Å². The van der Waals surface area contributed by atoms with E-state index in [2.05, 4.69) is 67.9 Å². The van der Waals surface area contributed by atoms with Crippen LogP contribution in [0.25, 0.3) is 5.57 Å². The number of carbonyl (C=O) groups excluding carboxylic acids is 1. The van der Waals surface area contributed by atoms with E-state index in [-0.39, 0.29) is 18.0 Å². The van der Waals surface area contributed by atoms with E-state index in [0.717, 1.165) is 60.5 Å². The average molecular weight is 483 g/mol. The number of nitrogen functional groups attached to an aromatic ring is 1. The van der Waals surface area contributed by atoms with Crippen molar-refractivity contribution in [2.24, 2.45) is 0 Å². The molecule has 1 aliphatic rings. The van der Waals surface area contributed by atoms with Gasteiger partial charge in [0.25, 0.3) is 5.91 Å². The molecule has 36 heavy (non-hydrogen) atoms. The SMILES string of the molecule is CC(C)N(C(=O)c1ccc(C(=C2CCN(Cc3ccccn3)CC2)c2cccc(N)c2)cc1)C(C)C. The van der Waals surface area contributed by atoms with Crippen molar-refractivity contribution in [2.75, 3.05) is 18.8 Å². The molecular formula is C31H38N4O. The highest BCUT2D eigenvalue weighted by Crippen LogP contribution is 2.33. The average Bonchev–Trinajstić information content (AvgIpc) is 2.86. The fourth-order valence-corrected chi connectivity index (χ4v) is 5.21. The lowest BCUT2D eigenvalue weighted by molar-refractivity contribution is 0.0643. The lowest BCUT2D eigenvalue weighted by atomic mass is 9.87. The first-order valence-electron chi connectivity index (χ1n) is 13.0. The number of hydrogen-bond acceptors (Lipinski definition) is 4. The minimum atomic E-state index is 0.0764. The number of pyridine rings is 1. The molecule has 2 N–H and O–H groups in total. The molecule has 0 radical (unpaired) electrons. The molecule has 1 saturated heterocycles. The number of benzene rings is 2. The van der Waals surface area contributed by atoms with Crippen molar-refractivity contribution in [3.8, 4) is 0 Å². The normalized spacial score (nSPS) is 14.3. The Bertz CT molecular complexity index is 1180. The first-order valence-corrected chi connectivity index (χ1v) is 13.0. The number of likely N-dealkylation sites (tertiary alicyclic amines) is 1. The van der Waals surface area contributed by atoms with Gasteiger partial charge in [0, 0.05) is 49.2 Å². The van der Waals surface area contributed by atoms with Crippen LogP contribution in [0.4, 0.5) is 5.69 Å². The Morgan fingerprint density at radius 2 is 1.56 bits per heavy atom. The van der Waals surface area contributed by atoms with Crippen molar-refractivity contribution >= 4 is 17.2 Å². The third kappa shape index (κ3) is 6.03. The van der Waals surface area contributed by atoms with Crippen LogP contribution in [-0.2, 0) is 6.54 Å². The number of piperidine rings is 1. The molecule has 188 valence electrons. The zero-order valence-corrected chi connectivity index (χ0v) is 21.9. The van der Waals surface area contributed by atoms with Crippen LogP contribution < -0.4 is 5.73 Å². The van der Waals surface area contributed by atoms with Gasteiger partial charge in [0.05, 0.1) is 5.69 Å². The molecule has 0 saturated carbocycles. The van der Waals surface area contributed by atoms with E-state index in [0.29, 0.717) is 0 Å². The Balaban J connectivity index is 1.61. The summed E-state index contributed by atoms with van der Waals surface area (Å²) >= 11 is 0. The zero-order chi connectivity index (χ0) is 25.7. The van der Waals surface area contributed by atoms with Gasteiger partial charge in [-0.2, -0.15) is 0 Å². The van der Waals surface area contributed by atoms with Crippen LogP contribution >= 0.6 is 0 Å². The van der Waals surface area contributed by atoms with Gasteiger partial charge in [-0.25, -0.2) is 0 Å². The number of nitrogens with two attached hydrogens (primary N) is 1. The molecule has 3 aromatic rings. The monoisotopic (exact) mass is 482 g/mol. The second-order valence-corrected chi connectivity index (χ2v) is 10.2. The molecule has 0 aliphatic carbocycles. The van der Waals surface area contributed by atoms with Crippen molar-refractivity contribution in [3.63, 3.8) is 0 Å². The zero-order valence-electron chi connectivity index (χ0n) is 21.9. The Morgan fingerprint density at radius 3 is 2.14 bits per heavy atom. The maximum Gasteiger partial charge on any atom is 0.254 e. The van der Waals surface area contributed by atoms with Crippen molar-refractivity contribution in [2.45, 2.75) is 59.2 Å². The number of nitrogens with zero attached hydrogens (tertiary/aromatic N) is 3. The summed E-state index contributed by atoms with van der Waals surface area (Å²) in [6, 6.07) is 22.7. The minimum Gasteiger partial charge on any atom is -0.399 e. The molecule has 5 heteroatoms.